The van der Waals surface area contributed by atoms with Gasteiger partial charge in [-0.2, -0.15) is 8.78 Å². The van der Waals surface area contributed by atoms with Crippen molar-refractivity contribution in [3.63, 3.8) is 0 Å². The van der Waals surface area contributed by atoms with E-state index in [0.717, 1.165) is 22.3 Å². The summed E-state index contributed by atoms with van der Waals surface area (Å²) in [5, 5.41) is 16.3. The highest BCUT2D eigenvalue weighted by molar-refractivity contribution is 5.91. The number of rotatable bonds is 5. The first kappa shape index (κ1) is 17.1. The summed E-state index contributed by atoms with van der Waals surface area (Å²) in [6.07, 6.45) is 4.04. The minimum absolute atomic E-state index is 0.00408. The average molecular weight is 394 g/mol. The number of aromatic amines is 1. The van der Waals surface area contributed by atoms with Crippen LogP contribution in [0.15, 0.2) is 53.5 Å². The molecule has 0 radical (unpaired) electrons. The summed E-state index contributed by atoms with van der Waals surface area (Å²) in [5.41, 5.74) is 3.60. The van der Waals surface area contributed by atoms with E-state index in [0.29, 0.717) is 17.8 Å². The van der Waals surface area contributed by atoms with Crippen LogP contribution in [0.25, 0.3) is 33.7 Å². The van der Waals surface area contributed by atoms with Crippen LogP contribution in [0.4, 0.5) is 8.78 Å². The number of halogens is 2. The number of fused-ring (bicyclic) bond motifs is 1. The first-order valence-corrected chi connectivity index (χ1v) is 8.57. The zero-order chi connectivity index (χ0) is 19.8. The third-order valence-electron chi connectivity index (χ3n) is 4.30. The van der Waals surface area contributed by atoms with Gasteiger partial charge < -0.3 is 9.40 Å². The van der Waals surface area contributed by atoms with Crippen LogP contribution in [0.5, 0.6) is 0 Å². The minimum atomic E-state index is -2.81. The van der Waals surface area contributed by atoms with E-state index in [4.69, 9.17) is 4.42 Å². The Hall–Kier alpha value is -4.02. The maximum Gasteiger partial charge on any atom is 0.314 e. The van der Waals surface area contributed by atoms with Crippen molar-refractivity contribution in [2.75, 3.05) is 0 Å². The molecule has 11 heteroatoms. The van der Waals surface area contributed by atoms with Gasteiger partial charge in [0.05, 0.1) is 24.0 Å². The lowest BCUT2D eigenvalue weighted by Crippen LogP contribution is -2.02. The summed E-state index contributed by atoms with van der Waals surface area (Å²) in [5.74, 6) is -0.720. The highest BCUT2D eigenvalue weighted by atomic mass is 19.3. The van der Waals surface area contributed by atoms with Crippen LogP contribution in [0, 0.1) is 0 Å². The Labute approximate surface area is 161 Å². The Balaban J connectivity index is 1.35. The first-order valence-electron chi connectivity index (χ1n) is 8.57. The van der Waals surface area contributed by atoms with E-state index >= 15 is 0 Å². The highest BCUT2D eigenvalue weighted by Crippen LogP contribution is 2.25. The fourth-order valence-electron chi connectivity index (χ4n) is 2.93. The van der Waals surface area contributed by atoms with Gasteiger partial charge in [0.25, 0.3) is 5.89 Å². The second-order valence-corrected chi connectivity index (χ2v) is 6.18. The van der Waals surface area contributed by atoms with Crippen molar-refractivity contribution in [3.05, 3.63) is 60.6 Å². The topological polar surface area (TPSA) is 111 Å². The van der Waals surface area contributed by atoms with Crippen molar-refractivity contribution in [2.24, 2.45) is 0 Å². The summed E-state index contributed by atoms with van der Waals surface area (Å²) >= 11 is 0. The smallest absolute Gasteiger partial charge is 0.314 e. The molecule has 0 aliphatic rings. The van der Waals surface area contributed by atoms with Gasteiger partial charge in [0.1, 0.15) is 11.3 Å². The molecule has 0 amide bonds. The fraction of sp³-hybridized carbons (Fsp3) is 0.111. The van der Waals surface area contributed by atoms with Gasteiger partial charge in [-0.3, -0.25) is 4.98 Å². The molecule has 144 valence electrons. The lowest BCUT2D eigenvalue weighted by molar-refractivity contribution is 0.116. The third kappa shape index (κ3) is 3.22. The molecule has 0 aliphatic heterocycles. The monoisotopic (exact) mass is 394 g/mol. The van der Waals surface area contributed by atoms with Crippen LogP contribution in [-0.2, 0) is 6.54 Å². The van der Waals surface area contributed by atoms with E-state index in [-0.39, 0.29) is 5.89 Å². The van der Waals surface area contributed by atoms with Crippen molar-refractivity contribution < 1.29 is 13.2 Å². The number of hydrogen-bond donors (Lipinski definition) is 1. The van der Waals surface area contributed by atoms with Crippen molar-refractivity contribution in [1.29, 1.82) is 0 Å². The number of nitrogens with one attached hydrogen (secondary N) is 1. The molecule has 5 aromatic heterocycles. The van der Waals surface area contributed by atoms with Gasteiger partial charge in [-0.1, -0.05) is 5.21 Å². The Morgan fingerprint density at radius 2 is 2.00 bits per heavy atom. The summed E-state index contributed by atoms with van der Waals surface area (Å²) in [7, 11) is 0. The number of H-pyrrole nitrogens is 1. The van der Waals surface area contributed by atoms with Gasteiger partial charge in [-0.25, -0.2) is 9.67 Å². The van der Waals surface area contributed by atoms with Crippen LogP contribution in [0.1, 0.15) is 18.0 Å². The van der Waals surface area contributed by atoms with E-state index in [2.05, 4.69) is 35.5 Å². The molecule has 1 N–H and O–H groups in total. The first-order chi connectivity index (χ1) is 14.2. The fourth-order valence-corrected chi connectivity index (χ4v) is 2.93. The van der Waals surface area contributed by atoms with Gasteiger partial charge in [-0.05, 0) is 24.3 Å². The van der Waals surface area contributed by atoms with E-state index in [1.807, 2.05) is 24.5 Å². The number of aromatic nitrogens is 8. The zero-order valence-corrected chi connectivity index (χ0v) is 14.7. The predicted octanol–water partition coefficient (Wildman–Crippen LogP) is 3.25. The molecule has 29 heavy (non-hydrogen) atoms. The molecule has 9 nitrogen and oxygen atoms in total. The van der Waals surface area contributed by atoms with Crippen LogP contribution in [0.3, 0.4) is 0 Å². The normalized spacial score (nSPS) is 11.6. The molecule has 0 unspecified atom stereocenters. The van der Waals surface area contributed by atoms with E-state index < -0.39 is 12.3 Å². The summed E-state index contributed by atoms with van der Waals surface area (Å²) in [6, 6.07) is 7.23. The van der Waals surface area contributed by atoms with E-state index in [1.165, 1.54) is 6.20 Å². The third-order valence-corrected chi connectivity index (χ3v) is 4.30. The molecule has 0 aliphatic carbocycles. The molecule has 0 saturated carbocycles. The van der Waals surface area contributed by atoms with Crippen LogP contribution in [-0.4, -0.2) is 40.1 Å². The van der Waals surface area contributed by atoms with Crippen molar-refractivity contribution in [1.82, 2.24) is 40.1 Å². The quantitative estimate of drug-likeness (QED) is 0.487. The van der Waals surface area contributed by atoms with Crippen LogP contribution < -0.4 is 0 Å². The van der Waals surface area contributed by atoms with Gasteiger partial charge in [0.2, 0.25) is 5.89 Å². The maximum absolute atomic E-state index is 12.6. The Morgan fingerprint density at radius 1 is 1.07 bits per heavy atom. The predicted molar refractivity (Wildman–Crippen MR) is 96.7 cm³/mol. The van der Waals surface area contributed by atoms with Crippen molar-refractivity contribution in [2.45, 2.75) is 13.0 Å². The molecule has 5 rings (SSSR count). The van der Waals surface area contributed by atoms with Gasteiger partial charge in [0, 0.05) is 29.5 Å². The van der Waals surface area contributed by atoms with Gasteiger partial charge in [-0.15, -0.1) is 15.3 Å². The van der Waals surface area contributed by atoms with E-state index in [9.17, 15) is 8.78 Å². The second kappa shape index (κ2) is 6.86. The maximum atomic E-state index is 12.6. The summed E-state index contributed by atoms with van der Waals surface area (Å²) in [4.78, 5) is 11.6. The Bertz CT molecular complexity index is 1270. The molecule has 0 saturated heterocycles. The summed E-state index contributed by atoms with van der Waals surface area (Å²) in [6.45, 7) is 0.390. The standard InChI is InChI=1S/C18H12F2N8O/c19-15(20)18-26-25-17(29-18)10-1-2-11(23-7-10)8-28-9-14(24-27-28)12-3-5-21-16-13(12)4-6-22-16/h1-7,9,15H,8H2,(H,21,22). The number of pyridine rings is 2. The lowest BCUT2D eigenvalue weighted by Gasteiger charge is -2.01. The number of hydrogen-bond acceptors (Lipinski definition) is 7. The highest BCUT2D eigenvalue weighted by Gasteiger charge is 2.17. The molecule has 0 fully saturated rings. The van der Waals surface area contributed by atoms with Gasteiger partial charge >= 0.3 is 6.43 Å². The molecule has 0 atom stereocenters. The Kier molecular flexibility index (Phi) is 4.04. The molecule has 5 heterocycles. The van der Waals surface area contributed by atoms with Crippen LogP contribution >= 0.6 is 0 Å². The zero-order valence-electron chi connectivity index (χ0n) is 14.7. The average Bonchev–Trinajstić information content (AvgIpc) is 3.48. The molecule has 0 bridgehead atoms. The van der Waals surface area contributed by atoms with E-state index in [1.54, 1.807) is 23.0 Å². The number of nitrogens with zero attached hydrogens (tertiary/aromatic N) is 7. The largest absolute Gasteiger partial charge is 0.415 e. The molecular formula is C18H12F2N8O. The number of alkyl halides is 2. The van der Waals surface area contributed by atoms with Crippen molar-refractivity contribution in [3.8, 4) is 22.7 Å². The molecular weight excluding hydrogens is 382 g/mol. The van der Waals surface area contributed by atoms with Crippen LogP contribution in [0.2, 0.25) is 0 Å². The molecule has 0 aromatic carbocycles. The second-order valence-electron chi connectivity index (χ2n) is 6.18. The SMILES string of the molecule is FC(F)c1nnc(-c2ccc(Cn3cc(-c4ccnc5[nH]ccc45)nn3)nc2)o1. The lowest BCUT2D eigenvalue weighted by atomic mass is 10.1. The minimum Gasteiger partial charge on any atom is -0.415 e. The van der Waals surface area contributed by atoms with Gasteiger partial charge in [0.15, 0.2) is 0 Å². The van der Waals surface area contributed by atoms with Crippen molar-refractivity contribution >= 4 is 11.0 Å². The molecule has 0 spiro atoms. The molecule has 5 aromatic rings. The summed E-state index contributed by atoms with van der Waals surface area (Å²) < 4.78 is 31.7. The Morgan fingerprint density at radius 3 is 2.79 bits per heavy atom.